The Hall–Kier alpha value is -3.24. The number of ether oxygens (including phenoxy) is 2. The van der Waals surface area contributed by atoms with Crippen LogP contribution in [0.25, 0.3) is 0 Å². The molecular weight excluding hydrogens is 636 g/mol. The van der Waals surface area contributed by atoms with Crippen molar-refractivity contribution >= 4 is 31.7 Å². The predicted molar refractivity (Wildman–Crippen MR) is 172 cm³/mol. The monoisotopic (exact) mass is 680 g/mol. The van der Waals surface area contributed by atoms with Gasteiger partial charge >= 0.3 is 0 Å². The maximum atomic E-state index is 13.8. The summed E-state index contributed by atoms with van der Waals surface area (Å²) >= 11 is 0. The Morgan fingerprint density at radius 1 is 0.957 bits per heavy atom. The first-order chi connectivity index (χ1) is 21.7. The van der Waals surface area contributed by atoms with Crippen LogP contribution in [0.3, 0.4) is 0 Å². The second-order valence-corrected chi connectivity index (χ2v) is 16.4. The van der Waals surface area contributed by atoms with Crippen molar-refractivity contribution in [3.05, 3.63) is 54.1 Å². The van der Waals surface area contributed by atoms with Gasteiger partial charge in [0.15, 0.2) is 11.5 Å². The molecule has 3 N–H and O–H groups in total. The van der Waals surface area contributed by atoms with Crippen LogP contribution in [-0.4, -0.2) is 113 Å². The molecule has 1 saturated heterocycles. The van der Waals surface area contributed by atoms with Gasteiger partial charge < -0.3 is 25.2 Å². The van der Waals surface area contributed by atoms with E-state index in [0.29, 0.717) is 11.5 Å². The normalized spacial score (nSPS) is 17.2. The van der Waals surface area contributed by atoms with Gasteiger partial charge in [0.2, 0.25) is 28.6 Å². The van der Waals surface area contributed by atoms with E-state index >= 15 is 0 Å². The average molecular weight is 681 g/mol. The lowest BCUT2D eigenvalue weighted by atomic mass is 10.0. The molecule has 1 fully saturated rings. The van der Waals surface area contributed by atoms with E-state index in [9.17, 15) is 31.5 Å². The van der Waals surface area contributed by atoms with Crippen LogP contribution in [0.4, 0.5) is 0 Å². The van der Waals surface area contributed by atoms with E-state index in [2.05, 4.69) is 10.6 Å². The first kappa shape index (κ1) is 35.6. The maximum absolute atomic E-state index is 13.8. The fourth-order valence-corrected chi connectivity index (χ4v) is 7.98. The van der Waals surface area contributed by atoms with Gasteiger partial charge in [-0.3, -0.25) is 14.5 Å². The highest BCUT2D eigenvalue weighted by Crippen LogP contribution is 2.35. The third kappa shape index (κ3) is 10.1. The summed E-state index contributed by atoms with van der Waals surface area (Å²) in [4.78, 5) is 28.3. The molecule has 46 heavy (non-hydrogen) atoms. The van der Waals surface area contributed by atoms with Gasteiger partial charge in [0, 0.05) is 25.4 Å². The number of sulfonamides is 1. The number of likely N-dealkylation sites (tertiary alicyclic amines) is 1. The number of sulfone groups is 1. The number of aliphatic hydroxyl groups excluding tert-OH is 1. The minimum Gasteiger partial charge on any atom is -0.454 e. The Morgan fingerprint density at radius 3 is 2.28 bits per heavy atom. The molecule has 13 nitrogen and oxygen atoms in total. The summed E-state index contributed by atoms with van der Waals surface area (Å²) in [6.45, 7) is 4.89. The van der Waals surface area contributed by atoms with Crippen molar-refractivity contribution < 1.29 is 41.0 Å². The molecule has 0 spiro atoms. The van der Waals surface area contributed by atoms with E-state index < -0.39 is 55.6 Å². The van der Waals surface area contributed by atoms with E-state index in [-0.39, 0.29) is 43.7 Å². The van der Waals surface area contributed by atoms with E-state index in [1.807, 2.05) is 24.8 Å². The van der Waals surface area contributed by atoms with Gasteiger partial charge in [-0.2, -0.15) is 4.31 Å². The highest BCUT2D eigenvalue weighted by Gasteiger charge is 2.34. The quantitative estimate of drug-likeness (QED) is 0.230. The largest absolute Gasteiger partial charge is 0.454 e. The number of benzene rings is 2. The van der Waals surface area contributed by atoms with Crippen LogP contribution in [0, 0.1) is 5.92 Å². The van der Waals surface area contributed by atoms with Crippen LogP contribution in [-0.2, 0) is 35.9 Å². The fraction of sp³-hybridized carbons (Fsp3) is 0.548. The number of nitrogens with one attached hydrogen (secondary N) is 2. The number of amides is 2. The van der Waals surface area contributed by atoms with Crippen molar-refractivity contribution in [1.29, 1.82) is 0 Å². The first-order valence-corrected chi connectivity index (χ1v) is 18.8. The number of nitrogens with zero attached hydrogens (tertiary/aromatic N) is 2. The summed E-state index contributed by atoms with van der Waals surface area (Å²) in [6, 6.07) is 10.8. The molecule has 15 heteroatoms. The van der Waals surface area contributed by atoms with Crippen LogP contribution in [0.2, 0.25) is 0 Å². The van der Waals surface area contributed by atoms with Crippen molar-refractivity contribution in [3.8, 4) is 11.5 Å². The molecule has 0 aromatic heterocycles. The summed E-state index contributed by atoms with van der Waals surface area (Å²) in [5.41, 5.74) is 0.749. The molecule has 0 radical (unpaired) electrons. The van der Waals surface area contributed by atoms with E-state index in [4.69, 9.17) is 9.47 Å². The van der Waals surface area contributed by atoms with Crippen LogP contribution >= 0.6 is 0 Å². The fourth-order valence-electron chi connectivity index (χ4n) is 5.50. The number of rotatable bonds is 16. The zero-order chi connectivity index (χ0) is 33.5. The Morgan fingerprint density at radius 2 is 1.63 bits per heavy atom. The van der Waals surface area contributed by atoms with Crippen LogP contribution in [0.5, 0.6) is 11.5 Å². The highest BCUT2D eigenvalue weighted by molar-refractivity contribution is 7.90. The molecule has 2 aliphatic rings. The molecule has 1 unspecified atom stereocenters. The minimum atomic E-state index is -4.13. The number of hydrogen-bond donors (Lipinski definition) is 3. The van der Waals surface area contributed by atoms with Gasteiger partial charge in [0.25, 0.3) is 0 Å². The van der Waals surface area contributed by atoms with Gasteiger partial charge in [-0.1, -0.05) is 44.2 Å². The van der Waals surface area contributed by atoms with E-state index in [1.165, 1.54) is 18.2 Å². The lowest BCUT2D eigenvalue weighted by Gasteiger charge is -2.31. The molecule has 2 aliphatic heterocycles. The molecule has 2 aromatic carbocycles. The molecule has 0 aliphatic carbocycles. The molecule has 2 aromatic rings. The summed E-state index contributed by atoms with van der Waals surface area (Å²) in [5, 5.41) is 16.9. The number of fused-ring (bicyclic) bond motifs is 1. The summed E-state index contributed by atoms with van der Waals surface area (Å²) < 4.78 is 64.1. The zero-order valence-corrected chi connectivity index (χ0v) is 28.1. The number of hydrogen-bond acceptors (Lipinski definition) is 10. The van der Waals surface area contributed by atoms with Crippen molar-refractivity contribution in [2.24, 2.45) is 5.92 Å². The summed E-state index contributed by atoms with van der Waals surface area (Å²) in [6.07, 6.45) is 1.59. The standard InChI is InChI=1S/C31H44N4O9S2/c1-22(2)17-35(46(41,42)24-11-12-28-29(16-24)44-21-43-28)18-27(36)25(15-23-9-5-4-6-10-23)33-31(38)26(20-45(3,39)40)32-30(37)19-34-13-7-8-14-34/h4-6,9-12,16,22,25-27,36H,7-8,13-15,17-21H2,1-3H3,(H,32,37)(H,33,38)/t25?,26-,27+/m0/s1. The summed E-state index contributed by atoms with van der Waals surface area (Å²) in [5.74, 6) is -1.31. The number of aliphatic hydroxyl groups is 1. The van der Waals surface area contributed by atoms with Crippen LogP contribution < -0.4 is 20.1 Å². The Kier molecular flexibility index (Phi) is 12.1. The van der Waals surface area contributed by atoms with Crippen molar-refractivity contribution in [2.45, 2.75) is 56.2 Å². The van der Waals surface area contributed by atoms with Crippen molar-refractivity contribution in [3.63, 3.8) is 0 Å². The second kappa shape index (κ2) is 15.6. The SMILES string of the molecule is CC(C)CN(C[C@@H](O)C(Cc1ccccc1)NC(=O)[C@H](CS(C)(=O)=O)NC(=O)CN1CCCC1)S(=O)(=O)c1ccc2c(c1)OCO2. The van der Waals surface area contributed by atoms with Gasteiger partial charge in [-0.05, 0) is 56.0 Å². The maximum Gasteiger partial charge on any atom is 0.243 e. The Bertz CT molecular complexity index is 1560. The molecule has 2 heterocycles. The Labute approximate surface area is 271 Å². The van der Waals surface area contributed by atoms with Crippen molar-refractivity contribution in [2.75, 3.05) is 51.5 Å². The molecule has 0 saturated carbocycles. The topological polar surface area (TPSA) is 172 Å². The van der Waals surface area contributed by atoms with Gasteiger partial charge in [-0.25, -0.2) is 16.8 Å². The molecular formula is C31H44N4O9S2. The highest BCUT2D eigenvalue weighted by atomic mass is 32.2. The van der Waals surface area contributed by atoms with E-state index in [1.54, 1.807) is 24.3 Å². The lowest BCUT2D eigenvalue weighted by molar-refractivity contribution is -0.129. The van der Waals surface area contributed by atoms with Gasteiger partial charge in [0.05, 0.1) is 29.3 Å². The van der Waals surface area contributed by atoms with Crippen LogP contribution in [0.1, 0.15) is 32.3 Å². The van der Waals surface area contributed by atoms with Gasteiger partial charge in [0.1, 0.15) is 15.9 Å². The zero-order valence-electron chi connectivity index (χ0n) is 26.4. The van der Waals surface area contributed by atoms with Crippen molar-refractivity contribution in [1.82, 2.24) is 19.8 Å². The molecule has 4 rings (SSSR count). The van der Waals surface area contributed by atoms with Gasteiger partial charge in [-0.15, -0.1) is 0 Å². The Balaban J connectivity index is 1.57. The molecule has 254 valence electrons. The number of carbonyl (C=O) groups excluding carboxylic acids is 2. The van der Waals surface area contributed by atoms with E-state index in [0.717, 1.165) is 42.1 Å². The summed E-state index contributed by atoms with van der Waals surface area (Å²) in [7, 11) is -7.83. The molecule has 3 atom stereocenters. The third-order valence-corrected chi connectivity index (χ3v) is 10.5. The smallest absolute Gasteiger partial charge is 0.243 e. The first-order valence-electron chi connectivity index (χ1n) is 15.3. The molecule has 0 bridgehead atoms. The minimum absolute atomic E-state index is 0.0207. The predicted octanol–water partition coefficient (Wildman–Crippen LogP) is 0.776. The third-order valence-electron chi connectivity index (χ3n) is 7.72. The van der Waals surface area contributed by atoms with Crippen LogP contribution in [0.15, 0.2) is 53.4 Å². The average Bonchev–Trinajstić information content (AvgIpc) is 3.67. The lowest BCUT2D eigenvalue weighted by Crippen LogP contribution is -2.57. The molecule has 2 amide bonds. The number of carbonyl (C=O) groups is 2. The second-order valence-electron chi connectivity index (χ2n) is 12.3.